The van der Waals surface area contributed by atoms with E-state index in [1.807, 2.05) is 54.4 Å². The number of nitrogens with zero attached hydrogens (tertiary/aromatic N) is 3. The molecular weight excluding hydrogens is 473 g/mol. The van der Waals surface area contributed by atoms with Gasteiger partial charge in [0.25, 0.3) is 0 Å². The van der Waals surface area contributed by atoms with E-state index < -0.39 is 0 Å². The lowest BCUT2D eigenvalue weighted by atomic mass is 9.77. The van der Waals surface area contributed by atoms with Gasteiger partial charge in [0.2, 0.25) is 5.13 Å². The summed E-state index contributed by atoms with van der Waals surface area (Å²) in [5.74, 6) is 0.200. The molecule has 3 aromatic rings. The number of hydrogen-bond acceptors (Lipinski definition) is 5. The molecule has 4 nitrogen and oxygen atoms in total. The molecular formula is C26H23Cl2N3OS. The van der Waals surface area contributed by atoms with Gasteiger partial charge in [0.1, 0.15) is 0 Å². The Morgan fingerprint density at radius 2 is 1.85 bits per heavy atom. The first-order chi connectivity index (χ1) is 15.9. The summed E-state index contributed by atoms with van der Waals surface area (Å²) >= 11 is 14.5. The van der Waals surface area contributed by atoms with E-state index in [9.17, 15) is 4.79 Å². The highest BCUT2D eigenvalue weighted by molar-refractivity contribution is 7.17. The average Bonchev–Trinajstić information content (AvgIpc) is 3.37. The maximum atomic E-state index is 12.1. The molecule has 1 aliphatic carbocycles. The first kappa shape index (κ1) is 22.3. The topological polar surface area (TPSA) is 45.6 Å². The van der Waals surface area contributed by atoms with E-state index in [-0.39, 0.29) is 17.7 Å². The van der Waals surface area contributed by atoms with E-state index in [0.29, 0.717) is 9.90 Å². The monoisotopic (exact) mass is 495 g/mol. The third-order valence-electron chi connectivity index (χ3n) is 6.26. The Morgan fingerprint density at radius 1 is 1.12 bits per heavy atom. The molecule has 2 aliphatic rings. The molecule has 2 atom stereocenters. The van der Waals surface area contributed by atoms with Crippen molar-refractivity contribution in [3.63, 3.8) is 0 Å². The summed E-state index contributed by atoms with van der Waals surface area (Å²) in [4.78, 5) is 17.5. The molecule has 1 fully saturated rings. The number of hydrogen-bond donors (Lipinski definition) is 0. The lowest BCUT2D eigenvalue weighted by Gasteiger charge is -2.30. The van der Waals surface area contributed by atoms with Gasteiger partial charge in [-0.3, -0.25) is 4.79 Å². The van der Waals surface area contributed by atoms with Crippen molar-refractivity contribution in [2.24, 2.45) is 11.0 Å². The summed E-state index contributed by atoms with van der Waals surface area (Å²) in [6.07, 6.45) is 5.17. The maximum absolute atomic E-state index is 12.1. The van der Waals surface area contributed by atoms with E-state index in [2.05, 4.69) is 12.1 Å². The van der Waals surface area contributed by atoms with E-state index in [1.165, 1.54) is 16.9 Å². The van der Waals surface area contributed by atoms with Gasteiger partial charge in [0.15, 0.2) is 5.78 Å². The minimum atomic E-state index is -0.0750. The number of rotatable bonds is 4. The van der Waals surface area contributed by atoms with Crippen molar-refractivity contribution in [3.8, 4) is 0 Å². The van der Waals surface area contributed by atoms with Crippen LogP contribution in [0.4, 0.5) is 5.13 Å². The summed E-state index contributed by atoms with van der Waals surface area (Å²) in [6.45, 7) is 3.45. The summed E-state index contributed by atoms with van der Waals surface area (Å²) in [7, 11) is 0. The first-order valence-corrected chi connectivity index (χ1v) is 12.6. The highest BCUT2D eigenvalue weighted by Crippen LogP contribution is 2.48. The van der Waals surface area contributed by atoms with Crippen LogP contribution >= 0.6 is 34.5 Å². The van der Waals surface area contributed by atoms with Crippen LogP contribution in [-0.2, 0) is 0 Å². The minimum Gasteiger partial charge on any atom is -0.294 e. The highest BCUT2D eigenvalue weighted by Gasteiger charge is 2.43. The number of Topliss-reactive ketones (excluding diaryl/α,β-unsaturated/α-hetero) is 1. The number of halogens is 2. The first-order valence-electron chi connectivity index (χ1n) is 11.0. The second kappa shape index (κ2) is 9.05. The van der Waals surface area contributed by atoms with Crippen molar-refractivity contribution in [2.45, 2.75) is 39.2 Å². The number of fused-ring (bicyclic) bond motifs is 1. The van der Waals surface area contributed by atoms with Crippen molar-refractivity contribution in [1.29, 1.82) is 0 Å². The molecule has 5 rings (SSSR count). The van der Waals surface area contributed by atoms with Gasteiger partial charge < -0.3 is 0 Å². The van der Waals surface area contributed by atoms with Gasteiger partial charge in [0, 0.05) is 22.9 Å². The smallest absolute Gasteiger partial charge is 0.207 e. The van der Waals surface area contributed by atoms with Gasteiger partial charge in [-0.05, 0) is 61.1 Å². The second-order valence-electron chi connectivity index (χ2n) is 8.45. The van der Waals surface area contributed by atoms with Crippen molar-refractivity contribution in [2.75, 3.05) is 5.01 Å². The van der Waals surface area contributed by atoms with Gasteiger partial charge in [0.05, 0.1) is 22.3 Å². The Morgan fingerprint density at radius 3 is 2.55 bits per heavy atom. The number of allylic oxidation sites excluding steroid dienone is 1. The zero-order chi connectivity index (χ0) is 23.1. The maximum Gasteiger partial charge on any atom is 0.207 e. The lowest BCUT2D eigenvalue weighted by Crippen LogP contribution is -2.28. The van der Waals surface area contributed by atoms with Crippen molar-refractivity contribution >= 4 is 57.2 Å². The fourth-order valence-corrected chi connectivity index (χ4v) is 6.16. The average molecular weight is 496 g/mol. The SMILES string of the molecule is CC(=O)c1sc(N2N=C3/C(=C/c4ccccc4Cl)CCC[C@@H]3[C@H]2c2ccccc2Cl)nc1C. The minimum absolute atomic E-state index is 0.0223. The largest absolute Gasteiger partial charge is 0.294 e. The molecule has 168 valence electrons. The molecule has 0 radical (unpaired) electrons. The molecule has 33 heavy (non-hydrogen) atoms. The van der Waals surface area contributed by atoms with Crippen LogP contribution in [0, 0.1) is 12.8 Å². The lowest BCUT2D eigenvalue weighted by molar-refractivity contribution is 0.102. The summed E-state index contributed by atoms with van der Waals surface area (Å²) < 4.78 is 0. The Kier molecular flexibility index (Phi) is 6.12. The molecule has 0 saturated heterocycles. The van der Waals surface area contributed by atoms with E-state index in [0.717, 1.165) is 51.9 Å². The number of hydrazone groups is 1. The predicted molar refractivity (Wildman–Crippen MR) is 138 cm³/mol. The zero-order valence-electron chi connectivity index (χ0n) is 18.4. The van der Waals surface area contributed by atoms with Crippen LogP contribution < -0.4 is 5.01 Å². The van der Waals surface area contributed by atoms with Crippen LogP contribution in [0.15, 0.2) is 59.2 Å². The van der Waals surface area contributed by atoms with Gasteiger partial charge >= 0.3 is 0 Å². The number of carbonyl (C=O) groups is 1. The fraction of sp³-hybridized carbons (Fsp3) is 0.269. The van der Waals surface area contributed by atoms with Crippen LogP contribution in [0.5, 0.6) is 0 Å². The number of carbonyl (C=O) groups excluding carboxylic acids is 1. The molecule has 0 spiro atoms. The summed E-state index contributed by atoms with van der Waals surface area (Å²) in [6, 6.07) is 15.7. The van der Waals surface area contributed by atoms with Crippen molar-refractivity contribution in [3.05, 3.63) is 85.8 Å². The number of ketones is 1. The third-order valence-corrected chi connectivity index (χ3v) is 8.20. The molecule has 0 amide bonds. The molecule has 1 aliphatic heterocycles. The van der Waals surface area contributed by atoms with Crippen LogP contribution in [0.1, 0.15) is 58.7 Å². The Labute approximate surface area is 207 Å². The van der Waals surface area contributed by atoms with Gasteiger partial charge in [-0.1, -0.05) is 70.9 Å². The van der Waals surface area contributed by atoms with Gasteiger partial charge in [-0.15, -0.1) is 0 Å². The quantitative estimate of drug-likeness (QED) is 0.347. The molecule has 2 aromatic carbocycles. The van der Waals surface area contributed by atoms with Gasteiger partial charge in [-0.25, -0.2) is 9.99 Å². The van der Waals surface area contributed by atoms with Crippen LogP contribution in [0.3, 0.4) is 0 Å². The van der Waals surface area contributed by atoms with Gasteiger partial charge in [-0.2, -0.15) is 5.10 Å². The summed E-state index contributed by atoms with van der Waals surface area (Å²) in [5.41, 5.74) is 5.01. The number of thiazole rings is 1. The van der Waals surface area contributed by atoms with Crippen LogP contribution in [0.2, 0.25) is 10.0 Å². The Balaban J connectivity index is 1.64. The number of benzene rings is 2. The number of aromatic nitrogens is 1. The Bertz CT molecular complexity index is 1300. The number of aryl methyl sites for hydroxylation is 1. The third kappa shape index (κ3) is 4.14. The zero-order valence-corrected chi connectivity index (χ0v) is 20.7. The molecule has 0 bridgehead atoms. The van der Waals surface area contributed by atoms with Crippen LogP contribution in [-0.4, -0.2) is 16.5 Å². The van der Waals surface area contributed by atoms with E-state index >= 15 is 0 Å². The van der Waals surface area contributed by atoms with Crippen molar-refractivity contribution in [1.82, 2.24) is 4.98 Å². The molecule has 0 unspecified atom stereocenters. The van der Waals surface area contributed by atoms with Crippen LogP contribution in [0.25, 0.3) is 6.08 Å². The standard InChI is InChI=1S/C26H23Cl2N3OS/c1-15-25(16(2)32)33-26(29-15)31-24(19-10-4-6-13-22(19)28)20-11-7-9-18(23(20)30-31)14-17-8-3-5-12-21(17)27/h3-6,8,10,12-14,20,24H,7,9,11H2,1-2H3/b18-14+/t20-,24+/m0/s1. The second-order valence-corrected chi connectivity index (χ2v) is 10.2. The molecule has 1 aromatic heterocycles. The van der Waals surface area contributed by atoms with E-state index in [1.54, 1.807) is 6.92 Å². The molecule has 7 heteroatoms. The molecule has 1 saturated carbocycles. The normalized spacial score (nSPS) is 21.3. The molecule has 2 heterocycles. The van der Waals surface area contributed by atoms with E-state index in [4.69, 9.17) is 33.3 Å². The number of anilines is 1. The predicted octanol–water partition coefficient (Wildman–Crippen LogP) is 7.76. The molecule has 0 N–H and O–H groups in total. The van der Waals surface area contributed by atoms with Crippen molar-refractivity contribution < 1.29 is 4.79 Å². The highest BCUT2D eigenvalue weighted by atomic mass is 35.5. The Hall–Kier alpha value is -2.47. The summed E-state index contributed by atoms with van der Waals surface area (Å²) in [5, 5.41) is 9.27. The fourth-order valence-electron chi connectivity index (χ4n) is 4.77.